The maximum atomic E-state index is 13.5. The Morgan fingerprint density at radius 2 is 2.21 bits per heavy atom. The van der Waals surface area contributed by atoms with Crippen LogP contribution in [0.15, 0.2) is 35.4 Å². The third-order valence-electron chi connectivity index (χ3n) is 2.93. The van der Waals surface area contributed by atoms with Crippen LogP contribution in [0.3, 0.4) is 0 Å². The monoisotopic (exact) mass is 294 g/mol. The van der Waals surface area contributed by atoms with Gasteiger partial charge >= 0.3 is 0 Å². The lowest BCUT2D eigenvalue weighted by atomic mass is 10.3. The molecule has 19 heavy (non-hydrogen) atoms. The number of hydrogen-bond acceptors (Lipinski definition) is 4. The molecule has 1 fully saturated rings. The summed E-state index contributed by atoms with van der Waals surface area (Å²) in [6.45, 7) is 0.909. The van der Waals surface area contributed by atoms with Gasteiger partial charge in [0.2, 0.25) is 0 Å². The second-order valence-electron chi connectivity index (χ2n) is 4.59. The van der Waals surface area contributed by atoms with Crippen molar-refractivity contribution < 1.29 is 4.39 Å². The molecule has 0 atom stereocenters. The van der Waals surface area contributed by atoms with Gasteiger partial charge in [0.15, 0.2) is 0 Å². The van der Waals surface area contributed by atoms with Crippen molar-refractivity contribution in [3.8, 4) is 0 Å². The van der Waals surface area contributed by atoms with Gasteiger partial charge in [-0.2, -0.15) is 0 Å². The van der Waals surface area contributed by atoms with Crippen molar-refractivity contribution in [3.05, 3.63) is 46.2 Å². The van der Waals surface area contributed by atoms with E-state index in [9.17, 15) is 4.39 Å². The van der Waals surface area contributed by atoms with Crippen LogP contribution < -0.4 is 5.32 Å². The Bertz CT molecular complexity index is 552. The van der Waals surface area contributed by atoms with E-state index in [1.165, 1.54) is 35.5 Å². The van der Waals surface area contributed by atoms with Crippen molar-refractivity contribution in [3.63, 3.8) is 0 Å². The highest BCUT2D eigenvalue weighted by Crippen LogP contribution is 2.27. The first-order valence-electron chi connectivity index (χ1n) is 6.35. The number of rotatable bonds is 6. The molecule has 1 saturated carbocycles. The summed E-state index contributed by atoms with van der Waals surface area (Å²) in [4.78, 5) is 6.34. The number of halogens is 1. The van der Waals surface area contributed by atoms with E-state index < -0.39 is 0 Å². The van der Waals surface area contributed by atoms with E-state index in [-0.39, 0.29) is 5.82 Å². The van der Waals surface area contributed by atoms with Crippen molar-refractivity contribution in [1.82, 2.24) is 10.3 Å². The largest absolute Gasteiger partial charge is 0.309 e. The molecule has 1 aliphatic carbocycles. The summed E-state index contributed by atoms with van der Waals surface area (Å²) in [5, 5.41) is 4.53. The summed E-state index contributed by atoms with van der Waals surface area (Å²) in [5.74, 6) is 0.578. The Morgan fingerprint density at radius 1 is 1.37 bits per heavy atom. The first-order valence-corrected chi connectivity index (χ1v) is 8.16. The minimum Gasteiger partial charge on any atom is -0.309 e. The SMILES string of the molecule is Fc1ccccc1SCc1ncc(CNC2CC2)s1. The molecule has 1 aliphatic rings. The van der Waals surface area contributed by atoms with Gasteiger partial charge in [0.1, 0.15) is 10.8 Å². The molecule has 1 aromatic heterocycles. The maximum Gasteiger partial charge on any atom is 0.136 e. The van der Waals surface area contributed by atoms with Gasteiger partial charge in [-0.15, -0.1) is 23.1 Å². The third kappa shape index (κ3) is 3.78. The van der Waals surface area contributed by atoms with E-state index in [1.807, 2.05) is 18.3 Å². The van der Waals surface area contributed by atoms with Crippen LogP contribution in [0.1, 0.15) is 22.7 Å². The van der Waals surface area contributed by atoms with E-state index in [2.05, 4.69) is 10.3 Å². The highest BCUT2D eigenvalue weighted by atomic mass is 32.2. The summed E-state index contributed by atoms with van der Waals surface area (Å²) in [5.41, 5.74) is 0. The normalized spacial score (nSPS) is 14.8. The lowest BCUT2D eigenvalue weighted by molar-refractivity contribution is 0.602. The number of benzene rings is 1. The van der Waals surface area contributed by atoms with Gasteiger partial charge in [-0.05, 0) is 25.0 Å². The molecule has 100 valence electrons. The highest BCUT2D eigenvalue weighted by Gasteiger charge is 2.20. The average molecular weight is 294 g/mol. The van der Waals surface area contributed by atoms with Gasteiger partial charge in [-0.1, -0.05) is 12.1 Å². The fourth-order valence-corrected chi connectivity index (χ4v) is 3.55. The number of hydrogen-bond donors (Lipinski definition) is 1. The molecule has 1 N–H and O–H groups in total. The second-order valence-corrected chi connectivity index (χ2v) is 6.81. The van der Waals surface area contributed by atoms with Crippen LogP contribution >= 0.6 is 23.1 Å². The summed E-state index contributed by atoms with van der Waals surface area (Å²) in [6.07, 6.45) is 4.53. The lowest BCUT2D eigenvalue weighted by Crippen LogP contribution is -2.14. The predicted octanol–water partition coefficient (Wildman–Crippen LogP) is 3.83. The van der Waals surface area contributed by atoms with Gasteiger partial charge in [-0.25, -0.2) is 9.37 Å². The molecule has 2 aromatic rings. The molecule has 0 saturated heterocycles. The molecule has 0 bridgehead atoms. The van der Waals surface area contributed by atoms with Crippen LogP contribution in [0.4, 0.5) is 4.39 Å². The lowest BCUT2D eigenvalue weighted by Gasteiger charge is -2.00. The Morgan fingerprint density at radius 3 is 3.00 bits per heavy atom. The number of thioether (sulfide) groups is 1. The van der Waals surface area contributed by atoms with Crippen molar-refractivity contribution in [1.29, 1.82) is 0 Å². The topological polar surface area (TPSA) is 24.9 Å². The minimum absolute atomic E-state index is 0.153. The van der Waals surface area contributed by atoms with E-state index in [0.29, 0.717) is 4.90 Å². The molecule has 0 aliphatic heterocycles. The molecule has 1 heterocycles. The quantitative estimate of drug-likeness (QED) is 0.820. The first-order chi connectivity index (χ1) is 9.31. The number of thiazole rings is 1. The minimum atomic E-state index is -0.153. The summed E-state index contributed by atoms with van der Waals surface area (Å²) in [6, 6.07) is 7.60. The summed E-state index contributed by atoms with van der Waals surface area (Å²) >= 11 is 3.21. The zero-order valence-corrected chi connectivity index (χ0v) is 12.1. The smallest absolute Gasteiger partial charge is 0.136 e. The van der Waals surface area contributed by atoms with Crippen LogP contribution in [0.25, 0.3) is 0 Å². The van der Waals surface area contributed by atoms with E-state index in [0.717, 1.165) is 23.3 Å². The van der Waals surface area contributed by atoms with Crippen LogP contribution in [0, 0.1) is 5.82 Å². The van der Waals surface area contributed by atoms with Crippen LogP contribution in [0.5, 0.6) is 0 Å². The molecule has 5 heteroatoms. The van der Waals surface area contributed by atoms with Crippen molar-refractivity contribution in [2.75, 3.05) is 0 Å². The average Bonchev–Trinajstić information content (AvgIpc) is 3.14. The van der Waals surface area contributed by atoms with Crippen LogP contribution in [-0.2, 0) is 12.3 Å². The van der Waals surface area contributed by atoms with Crippen LogP contribution in [-0.4, -0.2) is 11.0 Å². The number of nitrogens with one attached hydrogen (secondary N) is 1. The maximum absolute atomic E-state index is 13.5. The Hall–Kier alpha value is -0.910. The predicted molar refractivity (Wildman–Crippen MR) is 77.9 cm³/mol. The van der Waals surface area contributed by atoms with Crippen molar-refractivity contribution >= 4 is 23.1 Å². The molecule has 0 spiro atoms. The Labute approximate surface area is 120 Å². The van der Waals surface area contributed by atoms with E-state index in [4.69, 9.17) is 0 Å². The second kappa shape index (κ2) is 6.03. The highest BCUT2D eigenvalue weighted by molar-refractivity contribution is 7.98. The number of aromatic nitrogens is 1. The standard InChI is InChI=1S/C14H15FN2S2/c15-12-3-1-2-4-13(12)18-9-14-17-8-11(19-14)7-16-10-5-6-10/h1-4,8,10,16H,5-7,9H2. The molecule has 0 unspecified atom stereocenters. The zero-order chi connectivity index (χ0) is 13.1. The molecule has 1 aromatic carbocycles. The Kier molecular flexibility index (Phi) is 4.15. The van der Waals surface area contributed by atoms with Gasteiger partial charge in [-0.3, -0.25) is 0 Å². The fraction of sp³-hybridized carbons (Fsp3) is 0.357. The van der Waals surface area contributed by atoms with Gasteiger partial charge < -0.3 is 5.32 Å². The third-order valence-corrected chi connectivity index (χ3v) is 5.17. The summed E-state index contributed by atoms with van der Waals surface area (Å²) < 4.78 is 13.5. The Balaban J connectivity index is 1.53. The first kappa shape index (κ1) is 13.1. The molecule has 0 amide bonds. The van der Waals surface area contributed by atoms with Crippen molar-refractivity contribution in [2.24, 2.45) is 0 Å². The van der Waals surface area contributed by atoms with Gasteiger partial charge in [0.25, 0.3) is 0 Å². The molecule has 0 radical (unpaired) electrons. The van der Waals surface area contributed by atoms with Gasteiger partial charge in [0, 0.05) is 28.6 Å². The molecule has 3 rings (SSSR count). The van der Waals surface area contributed by atoms with E-state index in [1.54, 1.807) is 17.4 Å². The summed E-state index contributed by atoms with van der Waals surface area (Å²) in [7, 11) is 0. The molecule has 2 nitrogen and oxygen atoms in total. The van der Waals surface area contributed by atoms with Crippen molar-refractivity contribution in [2.45, 2.75) is 36.1 Å². The van der Waals surface area contributed by atoms with Crippen LogP contribution in [0.2, 0.25) is 0 Å². The molecular weight excluding hydrogens is 279 g/mol. The van der Waals surface area contributed by atoms with E-state index >= 15 is 0 Å². The zero-order valence-electron chi connectivity index (χ0n) is 10.4. The number of nitrogens with zero attached hydrogens (tertiary/aromatic N) is 1. The molecular formula is C14H15FN2S2. The van der Waals surface area contributed by atoms with Gasteiger partial charge in [0.05, 0.1) is 5.75 Å². The fourth-order valence-electron chi connectivity index (χ4n) is 1.73.